The Hall–Kier alpha value is -2.90. The minimum atomic E-state index is -3.97. The van der Waals surface area contributed by atoms with E-state index in [1.807, 2.05) is 6.07 Å². The summed E-state index contributed by atoms with van der Waals surface area (Å²) >= 11 is 6.09. The van der Waals surface area contributed by atoms with Crippen LogP contribution in [0.1, 0.15) is 15.9 Å². The van der Waals surface area contributed by atoms with Gasteiger partial charge in [-0.15, -0.1) is 0 Å². The summed E-state index contributed by atoms with van der Waals surface area (Å²) in [6.45, 7) is 1.79. The van der Waals surface area contributed by atoms with E-state index < -0.39 is 15.9 Å². The van der Waals surface area contributed by atoms with Gasteiger partial charge in [0.2, 0.25) is 0 Å². The molecule has 0 saturated heterocycles. The van der Waals surface area contributed by atoms with Crippen molar-refractivity contribution in [2.24, 2.45) is 0 Å². The lowest BCUT2D eigenvalue weighted by Crippen LogP contribution is -2.17. The van der Waals surface area contributed by atoms with E-state index in [1.54, 1.807) is 43.5 Å². The summed E-state index contributed by atoms with van der Waals surface area (Å²) in [5.41, 5.74) is 1.87. The van der Waals surface area contributed by atoms with E-state index in [4.69, 9.17) is 11.6 Å². The molecule has 27 heavy (non-hydrogen) atoms. The Morgan fingerprint density at radius 1 is 1.07 bits per heavy atom. The Morgan fingerprint density at radius 2 is 1.85 bits per heavy atom. The molecule has 138 valence electrons. The molecule has 0 radical (unpaired) electrons. The second kappa shape index (κ2) is 7.77. The molecule has 0 aliphatic rings. The molecule has 6 nitrogen and oxygen atoms in total. The van der Waals surface area contributed by atoms with Gasteiger partial charge in [-0.05, 0) is 48.9 Å². The molecule has 0 aliphatic heterocycles. The first-order chi connectivity index (χ1) is 12.9. The highest BCUT2D eigenvalue weighted by molar-refractivity contribution is 7.92. The second-order valence-corrected chi connectivity index (χ2v) is 7.82. The minimum absolute atomic E-state index is 0.0222. The number of pyridine rings is 1. The van der Waals surface area contributed by atoms with Crippen LogP contribution in [0.25, 0.3) is 0 Å². The van der Waals surface area contributed by atoms with Gasteiger partial charge in [0.05, 0.1) is 22.6 Å². The molecule has 2 N–H and O–H groups in total. The summed E-state index contributed by atoms with van der Waals surface area (Å²) < 4.78 is 28.0. The fourth-order valence-electron chi connectivity index (χ4n) is 2.38. The third kappa shape index (κ3) is 4.45. The van der Waals surface area contributed by atoms with E-state index in [1.165, 1.54) is 24.4 Å². The van der Waals surface area contributed by atoms with E-state index in [0.717, 1.165) is 5.56 Å². The van der Waals surface area contributed by atoms with E-state index in [0.29, 0.717) is 11.4 Å². The molecule has 0 fully saturated rings. The number of halogens is 1. The van der Waals surface area contributed by atoms with Gasteiger partial charge in [0.1, 0.15) is 4.90 Å². The van der Waals surface area contributed by atoms with Crippen molar-refractivity contribution in [3.05, 3.63) is 83.1 Å². The van der Waals surface area contributed by atoms with Gasteiger partial charge in [-0.2, -0.15) is 0 Å². The zero-order chi connectivity index (χ0) is 19.4. The number of para-hydroxylation sites is 1. The number of carbonyl (C=O) groups excluding carboxylic acids is 1. The average molecular weight is 402 g/mol. The Labute approximate surface area is 162 Å². The molecule has 0 saturated carbocycles. The molecule has 3 rings (SSSR count). The number of benzene rings is 2. The Morgan fingerprint density at radius 3 is 2.56 bits per heavy atom. The summed E-state index contributed by atoms with van der Waals surface area (Å²) in [4.78, 5) is 16.2. The predicted molar refractivity (Wildman–Crippen MR) is 106 cm³/mol. The topological polar surface area (TPSA) is 88.2 Å². The summed E-state index contributed by atoms with van der Waals surface area (Å²) in [5.74, 6) is -0.466. The summed E-state index contributed by atoms with van der Waals surface area (Å²) in [6.07, 6.45) is 3.07. The lowest BCUT2D eigenvalue weighted by Gasteiger charge is -2.13. The number of carbonyl (C=O) groups is 1. The van der Waals surface area contributed by atoms with Crippen LogP contribution in [0, 0.1) is 6.92 Å². The summed E-state index contributed by atoms with van der Waals surface area (Å²) in [7, 11) is -3.97. The molecule has 2 aromatic carbocycles. The van der Waals surface area contributed by atoms with Crippen molar-refractivity contribution < 1.29 is 13.2 Å². The van der Waals surface area contributed by atoms with Crippen molar-refractivity contribution in [2.75, 3.05) is 10.0 Å². The maximum Gasteiger partial charge on any atom is 0.263 e. The zero-order valence-corrected chi connectivity index (χ0v) is 15.9. The van der Waals surface area contributed by atoms with Crippen molar-refractivity contribution in [3.63, 3.8) is 0 Å². The number of rotatable bonds is 5. The van der Waals surface area contributed by atoms with E-state index in [2.05, 4.69) is 15.0 Å². The van der Waals surface area contributed by atoms with Gasteiger partial charge < -0.3 is 5.32 Å². The largest absolute Gasteiger partial charge is 0.321 e. The molecule has 0 spiro atoms. The number of hydrogen-bond acceptors (Lipinski definition) is 4. The van der Waals surface area contributed by atoms with Gasteiger partial charge in [-0.3, -0.25) is 14.5 Å². The van der Waals surface area contributed by atoms with Gasteiger partial charge in [0.25, 0.3) is 15.9 Å². The molecular formula is C19H16ClN3O3S. The monoisotopic (exact) mass is 401 g/mol. The van der Waals surface area contributed by atoms with E-state index >= 15 is 0 Å². The molecule has 8 heteroatoms. The zero-order valence-electron chi connectivity index (χ0n) is 14.3. The van der Waals surface area contributed by atoms with Crippen LogP contribution in [0.15, 0.2) is 71.9 Å². The van der Waals surface area contributed by atoms with E-state index in [-0.39, 0.29) is 15.5 Å². The highest BCUT2D eigenvalue weighted by atomic mass is 35.5. The number of aryl methyl sites for hydroxylation is 1. The predicted octanol–water partition coefficient (Wildman–Crippen LogP) is 4.10. The first kappa shape index (κ1) is 18.9. The van der Waals surface area contributed by atoms with Crippen molar-refractivity contribution in [3.8, 4) is 0 Å². The fourth-order valence-corrected chi connectivity index (χ4v) is 4.04. The van der Waals surface area contributed by atoms with Crippen LogP contribution >= 0.6 is 11.6 Å². The van der Waals surface area contributed by atoms with Gasteiger partial charge in [0.15, 0.2) is 0 Å². The van der Waals surface area contributed by atoms with Gasteiger partial charge in [-0.1, -0.05) is 29.8 Å². The molecular weight excluding hydrogens is 386 g/mol. The quantitative estimate of drug-likeness (QED) is 0.673. The van der Waals surface area contributed by atoms with Gasteiger partial charge >= 0.3 is 0 Å². The molecule has 0 unspecified atom stereocenters. The number of sulfonamides is 1. The smallest absolute Gasteiger partial charge is 0.263 e. The van der Waals surface area contributed by atoms with Crippen molar-refractivity contribution in [1.29, 1.82) is 0 Å². The number of aromatic nitrogens is 1. The first-order valence-corrected chi connectivity index (χ1v) is 9.82. The summed E-state index contributed by atoms with van der Waals surface area (Å²) in [5, 5.41) is 2.68. The van der Waals surface area contributed by atoms with Crippen molar-refractivity contribution >= 4 is 38.9 Å². The Bertz CT molecular complexity index is 1090. The standard InChI is InChI=1S/C19H16ClN3O3S/c1-13-5-2-3-7-17(13)23-27(25,26)18-11-14(8-9-16(18)20)19(24)22-15-6-4-10-21-12-15/h2-12,23H,1H3,(H,22,24). The van der Waals surface area contributed by atoms with Crippen LogP contribution in [0.4, 0.5) is 11.4 Å². The molecule has 1 aromatic heterocycles. The minimum Gasteiger partial charge on any atom is -0.321 e. The van der Waals surface area contributed by atoms with Crippen molar-refractivity contribution in [2.45, 2.75) is 11.8 Å². The maximum atomic E-state index is 12.8. The second-order valence-electron chi connectivity index (χ2n) is 5.76. The highest BCUT2D eigenvalue weighted by Crippen LogP contribution is 2.26. The van der Waals surface area contributed by atoms with Gasteiger partial charge in [0, 0.05) is 11.8 Å². The third-order valence-corrected chi connectivity index (χ3v) is 5.64. The molecule has 1 amide bonds. The third-order valence-electron chi connectivity index (χ3n) is 3.79. The molecule has 3 aromatic rings. The Kier molecular flexibility index (Phi) is 5.43. The Balaban J connectivity index is 1.90. The molecule has 0 atom stereocenters. The lowest BCUT2D eigenvalue weighted by atomic mass is 10.2. The van der Waals surface area contributed by atoms with Crippen LogP contribution in [0.2, 0.25) is 5.02 Å². The first-order valence-electron chi connectivity index (χ1n) is 7.96. The number of hydrogen-bond donors (Lipinski definition) is 2. The molecule has 1 heterocycles. The number of nitrogens with zero attached hydrogens (tertiary/aromatic N) is 1. The van der Waals surface area contributed by atoms with Crippen LogP contribution in [0.3, 0.4) is 0 Å². The summed E-state index contributed by atoms with van der Waals surface area (Å²) in [6, 6.07) is 14.4. The van der Waals surface area contributed by atoms with Crippen LogP contribution in [-0.4, -0.2) is 19.3 Å². The number of anilines is 2. The average Bonchev–Trinajstić information content (AvgIpc) is 2.64. The molecule has 0 bridgehead atoms. The lowest BCUT2D eigenvalue weighted by molar-refractivity contribution is 0.102. The van der Waals surface area contributed by atoms with Crippen LogP contribution in [-0.2, 0) is 10.0 Å². The maximum absolute atomic E-state index is 12.8. The van der Waals surface area contributed by atoms with E-state index in [9.17, 15) is 13.2 Å². The van der Waals surface area contributed by atoms with Crippen molar-refractivity contribution in [1.82, 2.24) is 4.98 Å². The number of amides is 1. The van der Waals surface area contributed by atoms with Crippen LogP contribution in [0.5, 0.6) is 0 Å². The fraction of sp³-hybridized carbons (Fsp3) is 0.0526. The molecule has 0 aliphatic carbocycles. The van der Waals surface area contributed by atoms with Crippen LogP contribution < -0.4 is 10.0 Å². The number of nitrogens with one attached hydrogen (secondary N) is 2. The SMILES string of the molecule is Cc1ccccc1NS(=O)(=O)c1cc(C(=O)Nc2cccnc2)ccc1Cl. The normalized spacial score (nSPS) is 11.0. The highest BCUT2D eigenvalue weighted by Gasteiger charge is 2.21. The van der Waals surface area contributed by atoms with Gasteiger partial charge in [-0.25, -0.2) is 8.42 Å².